The third-order valence-corrected chi connectivity index (χ3v) is 10.3. The first kappa shape index (κ1) is 23.5. The van der Waals surface area contributed by atoms with E-state index in [2.05, 4.69) is 40.7 Å². The Hall–Kier alpha value is -1.12. The number of ketones is 1. The first-order valence-corrected chi connectivity index (χ1v) is 12.4. The molecule has 0 spiro atoms. The van der Waals surface area contributed by atoms with Gasteiger partial charge in [-0.3, -0.25) is 9.59 Å². The summed E-state index contributed by atoms with van der Waals surface area (Å²) in [7, 11) is 0. The van der Waals surface area contributed by atoms with Gasteiger partial charge in [0.2, 0.25) is 0 Å². The second kappa shape index (κ2) is 8.79. The van der Waals surface area contributed by atoms with Crippen LogP contribution in [0.3, 0.4) is 0 Å². The number of carboxylic acid groups (broad SMARTS) is 1. The minimum Gasteiger partial charge on any atom is -0.481 e. The van der Waals surface area contributed by atoms with E-state index in [1.165, 1.54) is 12.8 Å². The standard InChI is InChI=1S/C27H44O3/c1-17(8-7-9-18(2)25(29)30)19(3)26(5)15-13-24-23(20(26)4)11-10-21-16-22(28)12-14-27(21,24)6/h11,17-21,24H,7-10,12-16H2,1-6H3,(H,29,30). The molecule has 30 heavy (non-hydrogen) atoms. The van der Waals surface area contributed by atoms with Crippen LogP contribution in [0.1, 0.15) is 99.3 Å². The van der Waals surface area contributed by atoms with Crippen molar-refractivity contribution >= 4 is 11.8 Å². The minimum atomic E-state index is -0.671. The Morgan fingerprint density at radius 2 is 1.90 bits per heavy atom. The molecule has 0 aromatic rings. The minimum absolute atomic E-state index is 0.235. The Kier molecular flexibility index (Phi) is 6.90. The molecular formula is C27H44O3. The molecule has 8 atom stereocenters. The van der Waals surface area contributed by atoms with E-state index in [4.69, 9.17) is 5.11 Å². The van der Waals surface area contributed by atoms with Crippen molar-refractivity contribution < 1.29 is 14.7 Å². The predicted octanol–water partition coefficient (Wildman–Crippen LogP) is 6.91. The molecule has 3 rings (SSSR count). The number of carbonyl (C=O) groups excluding carboxylic acids is 1. The second-order valence-electron chi connectivity index (χ2n) is 11.6. The van der Waals surface area contributed by atoms with E-state index in [0.717, 1.165) is 44.9 Å². The Labute approximate surface area is 184 Å². The van der Waals surface area contributed by atoms with Gasteiger partial charge in [-0.15, -0.1) is 0 Å². The third-order valence-electron chi connectivity index (χ3n) is 10.3. The van der Waals surface area contributed by atoms with Crippen molar-refractivity contribution in [2.75, 3.05) is 0 Å². The normalized spacial score (nSPS) is 39.3. The van der Waals surface area contributed by atoms with Crippen LogP contribution in [0.2, 0.25) is 0 Å². The van der Waals surface area contributed by atoms with E-state index in [1.807, 2.05) is 6.92 Å². The van der Waals surface area contributed by atoms with E-state index in [1.54, 1.807) is 5.57 Å². The van der Waals surface area contributed by atoms with E-state index in [0.29, 0.717) is 46.2 Å². The summed E-state index contributed by atoms with van der Waals surface area (Å²) in [6.07, 6.45) is 11.7. The largest absolute Gasteiger partial charge is 0.481 e. The van der Waals surface area contributed by atoms with Crippen molar-refractivity contribution in [3.05, 3.63) is 11.6 Å². The van der Waals surface area contributed by atoms with Crippen molar-refractivity contribution in [3.8, 4) is 0 Å². The number of rotatable bonds is 7. The summed E-state index contributed by atoms with van der Waals surface area (Å²) in [5.41, 5.74) is 2.30. The molecule has 2 fully saturated rings. The maximum absolute atomic E-state index is 12.1. The fourth-order valence-electron chi connectivity index (χ4n) is 7.25. The lowest BCUT2D eigenvalue weighted by atomic mass is 9.46. The average molecular weight is 417 g/mol. The highest BCUT2D eigenvalue weighted by atomic mass is 16.4. The lowest BCUT2D eigenvalue weighted by Crippen LogP contribution is -2.50. The van der Waals surface area contributed by atoms with Crippen molar-refractivity contribution in [1.29, 1.82) is 0 Å². The first-order valence-electron chi connectivity index (χ1n) is 12.4. The van der Waals surface area contributed by atoms with Crippen LogP contribution >= 0.6 is 0 Å². The SMILES string of the molecule is CC(CCCC(C)C(C)C1(C)CCC2C(=CCC3CC(=O)CCC32C)C1C)C(=O)O. The molecule has 0 aromatic heterocycles. The summed E-state index contributed by atoms with van der Waals surface area (Å²) in [5.74, 6) is 2.59. The molecule has 1 N–H and O–H groups in total. The molecule has 170 valence electrons. The number of aliphatic carboxylic acids is 1. The smallest absolute Gasteiger partial charge is 0.306 e. The van der Waals surface area contributed by atoms with Crippen LogP contribution in [0.25, 0.3) is 0 Å². The van der Waals surface area contributed by atoms with Crippen LogP contribution in [-0.2, 0) is 9.59 Å². The summed E-state index contributed by atoms with van der Waals surface area (Å²) < 4.78 is 0. The summed E-state index contributed by atoms with van der Waals surface area (Å²) in [4.78, 5) is 23.2. The summed E-state index contributed by atoms with van der Waals surface area (Å²) in [6, 6.07) is 0. The molecule has 0 amide bonds. The Morgan fingerprint density at radius 3 is 2.57 bits per heavy atom. The molecule has 2 saturated carbocycles. The van der Waals surface area contributed by atoms with Crippen LogP contribution < -0.4 is 0 Å². The molecule has 0 radical (unpaired) electrons. The topological polar surface area (TPSA) is 54.4 Å². The molecule has 0 heterocycles. The number of hydrogen-bond donors (Lipinski definition) is 1. The van der Waals surface area contributed by atoms with Crippen LogP contribution in [0.15, 0.2) is 11.6 Å². The highest BCUT2D eigenvalue weighted by molar-refractivity contribution is 5.79. The van der Waals surface area contributed by atoms with Gasteiger partial charge in [0, 0.05) is 12.8 Å². The van der Waals surface area contributed by atoms with Crippen molar-refractivity contribution in [1.82, 2.24) is 0 Å². The van der Waals surface area contributed by atoms with Crippen molar-refractivity contribution in [2.45, 2.75) is 99.3 Å². The maximum Gasteiger partial charge on any atom is 0.306 e. The predicted molar refractivity (Wildman–Crippen MR) is 122 cm³/mol. The van der Waals surface area contributed by atoms with Crippen LogP contribution in [0, 0.1) is 46.3 Å². The van der Waals surface area contributed by atoms with Crippen LogP contribution in [0.4, 0.5) is 0 Å². The lowest BCUT2D eigenvalue weighted by molar-refractivity contribution is -0.141. The molecule has 0 aliphatic heterocycles. The van der Waals surface area contributed by atoms with Gasteiger partial charge in [0.05, 0.1) is 5.92 Å². The van der Waals surface area contributed by atoms with Crippen molar-refractivity contribution in [3.63, 3.8) is 0 Å². The van der Waals surface area contributed by atoms with Gasteiger partial charge in [0.1, 0.15) is 5.78 Å². The van der Waals surface area contributed by atoms with Gasteiger partial charge >= 0.3 is 5.97 Å². The van der Waals surface area contributed by atoms with Gasteiger partial charge in [-0.25, -0.2) is 0 Å². The third kappa shape index (κ3) is 4.15. The number of carboxylic acids is 1. The van der Waals surface area contributed by atoms with E-state index in [9.17, 15) is 9.59 Å². The van der Waals surface area contributed by atoms with Gasteiger partial charge in [-0.1, -0.05) is 66.0 Å². The highest BCUT2D eigenvalue weighted by Gasteiger charge is 2.54. The zero-order valence-corrected chi connectivity index (χ0v) is 20.2. The zero-order valence-electron chi connectivity index (χ0n) is 20.2. The van der Waals surface area contributed by atoms with Crippen molar-refractivity contribution in [2.24, 2.45) is 46.3 Å². The molecular weight excluding hydrogens is 372 g/mol. The molecule has 3 aliphatic rings. The molecule has 8 unspecified atom stereocenters. The summed E-state index contributed by atoms with van der Waals surface area (Å²) in [6.45, 7) is 14.1. The number of Topliss-reactive ketones (excluding diaryl/α,β-unsaturated/α-hetero) is 1. The molecule has 3 heteroatoms. The van der Waals surface area contributed by atoms with E-state index in [-0.39, 0.29) is 5.92 Å². The number of hydrogen-bond acceptors (Lipinski definition) is 2. The Morgan fingerprint density at radius 1 is 1.20 bits per heavy atom. The quantitative estimate of drug-likeness (QED) is 0.459. The first-order chi connectivity index (χ1) is 14.0. The van der Waals surface area contributed by atoms with Crippen LogP contribution in [0.5, 0.6) is 0 Å². The van der Waals surface area contributed by atoms with Gasteiger partial charge < -0.3 is 5.11 Å². The number of fused-ring (bicyclic) bond motifs is 3. The lowest BCUT2D eigenvalue weighted by Gasteiger charge is -2.58. The van der Waals surface area contributed by atoms with Gasteiger partial charge in [-0.05, 0) is 72.5 Å². The maximum atomic E-state index is 12.1. The number of carbonyl (C=O) groups is 2. The molecule has 0 saturated heterocycles. The highest BCUT2D eigenvalue weighted by Crippen LogP contribution is 2.62. The average Bonchev–Trinajstić information content (AvgIpc) is 2.70. The number of allylic oxidation sites excluding steroid dienone is 2. The van der Waals surface area contributed by atoms with Gasteiger partial charge in [-0.2, -0.15) is 0 Å². The molecule has 0 bridgehead atoms. The van der Waals surface area contributed by atoms with Gasteiger partial charge in [0.25, 0.3) is 0 Å². The van der Waals surface area contributed by atoms with Gasteiger partial charge in [0.15, 0.2) is 0 Å². The Bertz CT molecular complexity index is 694. The fraction of sp³-hybridized carbons (Fsp3) is 0.852. The fourth-order valence-corrected chi connectivity index (χ4v) is 7.25. The molecule has 3 nitrogen and oxygen atoms in total. The summed E-state index contributed by atoms with van der Waals surface area (Å²) in [5, 5.41) is 9.14. The Balaban J connectivity index is 1.69. The van der Waals surface area contributed by atoms with Crippen LogP contribution in [-0.4, -0.2) is 16.9 Å². The molecule has 3 aliphatic carbocycles. The van der Waals surface area contributed by atoms with E-state index >= 15 is 0 Å². The monoisotopic (exact) mass is 416 g/mol. The molecule has 0 aromatic carbocycles. The zero-order chi connectivity index (χ0) is 22.3. The second-order valence-corrected chi connectivity index (χ2v) is 11.6. The summed E-state index contributed by atoms with van der Waals surface area (Å²) >= 11 is 0. The van der Waals surface area contributed by atoms with E-state index < -0.39 is 5.97 Å².